The molecule has 0 spiro atoms. The van der Waals surface area contributed by atoms with Crippen LogP contribution in [0, 0.1) is 5.92 Å². The molecule has 0 aromatic carbocycles. The maximum Gasteiger partial charge on any atom is 0.0912 e. The van der Waals surface area contributed by atoms with Gasteiger partial charge in [-0.15, -0.1) is 0 Å². The van der Waals surface area contributed by atoms with E-state index in [1.807, 2.05) is 19.0 Å². The fraction of sp³-hybridized carbons (Fsp3) is 0.500. The van der Waals surface area contributed by atoms with Crippen molar-refractivity contribution in [2.24, 2.45) is 15.9 Å². The Balaban J connectivity index is 2.29. The van der Waals surface area contributed by atoms with Crippen molar-refractivity contribution in [1.29, 1.82) is 0 Å². The number of hydrogen-bond acceptors (Lipinski definition) is 4. The van der Waals surface area contributed by atoms with Crippen LogP contribution in [0.25, 0.3) is 0 Å². The van der Waals surface area contributed by atoms with E-state index in [1.54, 1.807) is 6.20 Å². The number of aromatic amines is 1. The topological polar surface area (TPSA) is 56.6 Å². The number of aliphatic imine (C=N–C) groups is 2. The average molecular weight is 294 g/mol. The predicted molar refractivity (Wildman–Crippen MR) is 83.6 cm³/mol. The molecule has 108 valence electrons. The van der Waals surface area contributed by atoms with Crippen LogP contribution in [0.1, 0.15) is 24.1 Å². The molecular formula is C14H20ClN5. The lowest BCUT2D eigenvalue weighted by Crippen LogP contribution is -2.14. The Labute approximate surface area is 124 Å². The summed E-state index contributed by atoms with van der Waals surface area (Å²) in [5.74, 6) is 0.768. The van der Waals surface area contributed by atoms with Gasteiger partial charge in [0.05, 0.1) is 23.6 Å². The Morgan fingerprint density at radius 3 is 2.95 bits per heavy atom. The molecular weight excluding hydrogens is 274 g/mol. The fourth-order valence-electron chi connectivity index (χ4n) is 1.93. The zero-order valence-corrected chi connectivity index (χ0v) is 12.7. The Hall–Kier alpha value is -1.46. The summed E-state index contributed by atoms with van der Waals surface area (Å²) in [6.45, 7) is 4.00. The summed E-state index contributed by atoms with van der Waals surface area (Å²) in [6.07, 6.45) is 6.89. The van der Waals surface area contributed by atoms with Gasteiger partial charge in [-0.2, -0.15) is 5.10 Å². The van der Waals surface area contributed by atoms with Crippen LogP contribution < -0.4 is 0 Å². The second-order valence-electron chi connectivity index (χ2n) is 5.30. The van der Waals surface area contributed by atoms with Gasteiger partial charge < -0.3 is 0 Å². The molecule has 1 aliphatic carbocycles. The standard InChI is InChI=1S/C14H20ClN5/c1-16-8-12(15)14(17-9-20(2)3)11-7-18-19-13(11)6-10-4-5-10/h7-8,10H,1,4-6,9H2,2-3H3,(H,18,19)/b12-8+,17-14-. The first-order valence-electron chi connectivity index (χ1n) is 6.65. The third-order valence-corrected chi connectivity index (χ3v) is 3.38. The largest absolute Gasteiger partial charge is 0.291 e. The van der Waals surface area contributed by atoms with E-state index >= 15 is 0 Å². The first kappa shape index (κ1) is 14.9. The molecule has 20 heavy (non-hydrogen) atoms. The molecule has 0 bridgehead atoms. The molecule has 2 rings (SSSR count). The molecule has 1 heterocycles. The van der Waals surface area contributed by atoms with E-state index in [1.165, 1.54) is 19.0 Å². The van der Waals surface area contributed by atoms with Gasteiger partial charge in [-0.3, -0.25) is 20.0 Å². The lowest BCUT2D eigenvalue weighted by atomic mass is 10.1. The molecule has 1 aromatic heterocycles. The highest BCUT2D eigenvalue weighted by Crippen LogP contribution is 2.33. The summed E-state index contributed by atoms with van der Waals surface area (Å²) in [6, 6.07) is 0. The number of allylic oxidation sites excluding steroid dienone is 1. The summed E-state index contributed by atoms with van der Waals surface area (Å²) >= 11 is 6.28. The van der Waals surface area contributed by atoms with E-state index in [-0.39, 0.29) is 0 Å². The molecule has 0 radical (unpaired) electrons. The first-order chi connectivity index (χ1) is 9.61. The molecule has 0 atom stereocenters. The summed E-state index contributed by atoms with van der Waals surface area (Å²) in [7, 11) is 3.93. The number of rotatable bonds is 7. The maximum absolute atomic E-state index is 6.28. The van der Waals surface area contributed by atoms with Crippen LogP contribution in [0.4, 0.5) is 0 Å². The Bertz CT molecular complexity index is 525. The van der Waals surface area contributed by atoms with E-state index in [4.69, 9.17) is 11.6 Å². The molecule has 0 unspecified atom stereocenters. The zero-order valence-electron chi connectivity index (χ0n) is 11.9. The minimum absolute atomic E-state index is 0.486. The first-order valence-corrected chi connectivity index (χ1v) is 7.03. The van der Waals surface area contributed by atoms with E-state index in [9.17, 15) is 0 Å². The van der Waals surface area contributed by atoms with Crippen LogP contribution in [0.3, 0.4) is 0 Å². The Morgan fingerprint density at radius 1 is 1.60 bits per heavy atom. The second-order valence-corrected chi connectivity index (χ2v) is 5.70. The Morgan fingerprint density at radius 2 is 2.35 bits per heavy atom. The number of nitrogens with one attached hydrogen (secondary N) is 1. The normalized spacial score (nSPS) is 16.8. The van der Waals surface area contributed by atoms with Crippen LogP contribution in [0.15, 0.2) is 27.4 Å². The average Bonchev–Trinajstić information content (AvgIpc) is 3.09. The van der Waals surface area contributed by atoms with Crippen molar-refractivity contribution in [2.45, 2.75) is 19.3 Å². The van der Waals surface area contributed by atoms with Gasteiger partial charge in [0.25, 0.3) is 0 Å². The molecule has 0 amide bonds. The number of nitrogens with zero attached hydrogens (tertiary/aromatic N) is 4. The number of aromatic nitrogens is 2. The maximum atomic E-state index is 6.28. The van der Waals surface area contributed by atoms with Crippen LogP contribution in [-0.4, -0.2) is 48.3 Å². The van der Waals surface area contributed by atoms with Crippen molar-refractivity contribution in [2.75, 3.05) is 20.8 Å². The highest BCUT2D eigenvalue weighted by molar-refractivity contribution is 6.46. The Kier molecular flexibility index (Phi) is 5.09. The number of H-pyrrole nitrogens is 1. The second kappa shape index (κ2) is 6.81. The number of hydrogen-bond donors (Lipinski definition) is 1. The van der Waals surface area contributed by atoms with E-state index < -0.39 is 0 Å². The molecule has 1 fully saturated rings. The van der Waals surface area contributed by atoms with Gasteiger partial charge in [-0.1, -0.05) is 11.6 Å². The van der Waals surface area contributed by atoms with Crippen molar-refractivity contribution in [3.8, 4) is 0 Å². The molecule has 1 aliphatic rings. The molecule has 6 heteroatoms. The van der Waals surface area contributed by atoms with E-state index in [0.29, 0.717) is 11.7 Å². The van der Waals surface area contributed by atoms with Gasteiger partial charge in [0.2, 0.25) is 0 Å². The van der Waals surface area contributed by atoms with Gasteiger partial charge in [0, 0.05) is 17.5 Å². The van der Waals surface area contributed by atoms with E-state index in [2.05, 4.69) is 26.9 Å². The molecule has 1 N–H and O–H groups in total. The molecule has 0 saturated heterocycles. The van der Waals surface area contributed by atoms with Gasteiger partial charge in [0.15, 0.2) is 0 Å². The SMILES string of the molecule is C=N/C=C(Cl)\C(=N/CN(C)C)c1cn[nH]c1CC1CC1. The monoisotopic (exact) mass is 293 g/mol. The fourth-order valence-corrected chi connectivity index (χ4v) is 2.16. The summed E-state index contributed by atoms with van der Waals surface area (Å²) in [5.41, 5.74) is 2.78. The lowest BCUT2D eigenvalue weighted by Gasteiger charge is -2.09. The van der Waals surface area contributed by atoms with Crippen LogP contribution in [0.5, 0.6) is 0 Å². The van der Waals surface area contributed by atoms with Gasteiger partial charge in [0.1, 0.15) is 0 Å². The smallest absolute Gasteiger partial charge is 0.0912 e. The summed E-state index contributed by atoms with van der Waals surface area (Å²) < 4.78 is 0. The summed E-state index contributed by atoms with van der Waals surface area (Å²) in [5, 5.41) is 7.69. The van der Waals surface area contributed by atoms with Crippen molar-refractivity contribution in [1.82, 2.24) is 15.1 Å². The molecule has 0 aliphatic heterocycles. The van der Waals surface area contributed by atoms with Crippen molar-refractivity contribution >= 4 is 24.0 Å². The van der Waals surface area contributed by atoms with Crippen molar-refractivity contribution in [3.05, 3.63) is 28.7 Å². The minimum atomic E-state index is 0.486. The molecule has 5 nitrogen and oxygen atoms in total. The van der Waals surface area contributed by atoms with Crippen molar-refractivity contribution < 1.29 is 0 Å². The number of halogens is 1. The van der Waals surface area contributed by atoms with Crippen LogP contribution in [-0.2, 0) is 6.42 Å². The quantitative estimate of drug-likeness (QED) is 0.785. The van der Waals surface area contributed by atoms with Crippen LogP contribution in [0.2, 0.25) is 0 Å². The van der Waals surface area contributed by atoms with Crippen LogP contribution >= 0.6 is 11.6 Å². The molecule has 1 aromatic rings. The van der Waals surface area contributed by atoms with Gasteiger partial charge in [-0.05, 0) is 46.0 Å². The highest BCUT2D eigenvalue weighted by Gasteiger charge is 2.25. The third-order valence-electron chi connectivity index (χ3n) is 3.11. The third kappa shape index (κ3) is 4.02. The minimum Gasteiger partial charge on any atom is -0.291 e. The zero-order chi connectivity index (χ0) is 14.5. The lowest BCUT2D eigenvalue weighted by molar-refractivity contribution is 0.424. The van der Waals surface area contributed by atoms with Crippen molar-refractivity contribution in [3.63, 3.8) is 0 Å². The van der Waals surface area contributed by atoms with Gasteiger partial charge >= 0.3 is 0 Å². The predicted octanol–water partition coefficient (Wildman–Crippen LogP) is 2.45. The molecule has 1 saturated carbocycles. The van der Waals surface area contributed by atoms with Gasteiger partial charge in [-0.25, -0.2) is 0 Å². The van der Waals surface area contributed by atoms with E-state index in [0.717, 1.165) is 29.3 Å². The summed E-state index contributed by atoms with van der Waals surface area (Å²) in [4.78, 5) is 10.3. The highest BCUT2D eigenvalue weighted by atomic mass is 35.5.